The molecule has 0 aliphatic carbocycles. The number of amides is 1. The summed E-state index contributed by atoms with van der Waals surface area (Å²) in [5.41, 5.74) is 3.02. The Labute approximate surface area is 199 Å². The molecule has 0 bridgehead atoms. The van der Waals surface area contributed by atoms with Crippen molar-refractivity contribution in [2.24, 2.45) is 0 Å². The van der Waals surface area contributed by atoms with Crippen LogP contribution in [0.4, 0.5) is 14.5 Å². The van der Waals surface area contributed by atoms with Crippen LogP contribution >= 0.6 is 11.8 Å². The fourth-order valence-corrected chi connectivity index (χ4v) is 4.72. The van der Waals surface area contributed by atoms with E-state index in [1.54, 1.807) is 36.3 Å². The van der Waals surface area contributed by atoms with E-state index in [1.807, 2.05) is 39.0 Å². The lowest BCUT2D eigenvalue weighted by Gasteiger charge is -2.25. The first-order chi connectivity index (χ1) is 15.8. The van der Waals surface area contributed by atoms with Crippen LogP contribution in [0.2, 0.25) is 0 Å². The summed E-state index contributed by atoms with van der Waals surface area (Å²) in [6.45, 7) is 4.07. The second-order valence-corrected chi connectivity index (χ2v) is 9.32. The van der Waals surface area contributed by atoms with Gasteiger partial charge in [0.1, 0.15) is 18.0 Å². The molecule has 8 heteroatoms. The van der Waals surface area contributed by atoms with Gasteiger partial charge in [0.2, 0.25) is 0 Å². The Bertz CT molecular complexity index is 944. The molecule has 2 aromatic rings. The summed E-state index contributed by atoms with van der Waals surface area (Å²) in [7, 11) is 1.59. The average Bonchev–Trinajstić information content (AvgIpc) is 3.20. The summed E-state index contributed by atoms with van der Waals surface area (Å²) in [6, 6.07) is 12.6. The molecule has 0 saturated carbocycles. The molecule has 1 saturated heterocycles. The number of carbonyl (C=O) groups is 1. The fourth-order valence-electron chi connectivity index (χ4n) is 3.85. The van der Waals surface area contributed by atoms with Gasteiger partial charge in [-0.05, 0) is 49.8 Å². The van der Waals surface area contributed by atoms with Crippen molar-refractivity contribution in [2.75, 3.05) is 36.7 Å². The molecule has 1 aliphatic rings. The van der Waals surface area contributed by atoms with Crippen molar-refractivity contribution in [1.82, 2.24) is 4.90 Å². The minimum atomic E-state index is -2.60. The second kappa shape index (κ2) is 11.7. The van der Waals surface area contributed by atoms with E-state index >= 15 is 0 Å². The molecule has 0 N–H and O–H groups in total. The van der Waals surface area contributed by atoms with Crippen LogP contribution in [-0.2, 0) is 4.74 Å². The Hall–Kier alpha value is -2.32. The lowest BCUT2D eigenvalue weighted by molar-refractivity contribution is 0.0339. The van der Waals surface area contributed by atoms with Gasteiger partial charge in [-0.15, -0.1) is 11.8 Å². The molecule has 33 heavy (non-hydrogen) atoms. The number of anilines is 1. The number of halogens is 2. The summed E-state index contributed by atoms with van der Waals surface area (Å²) in [5, 5.41) is 0. The first-order valence-corrected chi connectivity index (χ1v) is 12.3. The highest BCUT2D eigenvalue weighted by molar-refractivity contribution is 7.99. The van der Waals surface area contributed by atoms with Gasteiger partial charge < -0.3 is 19.3 Å². The van der Waals surface area contributed by atoms with E-state index in [-0.39, 0.29) is 17.9 Å². The maximum Gasteiger partial charge on any atom is 0.316 e. The third-order valence-corrected chi connectivity index (χ3v) is 6.84. The molecule has 3 rings (SSSR count). The SMILES string of the molecule is CCCSCN(c1cccc(OC2CN(C(=O)c3cc(C)ccc3C)CC2OC)c1)C(F)F. The molecule has 180 valence electrons. The molecule has 2 aromatic carbocycles. The molecule has 2 atom stereocenters. The van der Waals surface area contributed by atoms with Crippen LogP contribution in [0.1, 0.15) is 34.8 Å². The predicted molar refractivity (Wildman–Crippen MR) is 130 cm³/mol. The van der Waals surface area contributed by atoms with Crippen molar-refractivity contribution in [1.29, 1.82) is 0 Å². The zero-order valence-corrected chi connectivity index (χ0v) is 20.4. The quantitative estimate of drug-likeness (QED) is 0.262. The van der Waals surface area contributed by atoms with E-state index < -0.39 is 12.7 Å². The van der Waals surface area contributed by atoms with Crippen molar-refractivity contribution in [3.63, 3.8) is 0 Å². The number of rotatable bonds is 10. The minimum absolute atomic E-state index is 0.0603. The van der Waals surface area contributed by atoms with E-state index in [9.17, 15) is 13.6 Å². The maximum absolute atomic E-state index is 13.6. The third kappa shape index (κ3) is 6.38. The Balaban J connectivity index is 1.73. The van der Waals surface area contributed by atoms with E-state index in [0.29, 0.717) is 30.1 Å². The number of benzene rings is 2. The summed E-state index contributed by atoms with van der Waals surface area (Å²) in [6.07, 6.45) is 0.227. The molecule has 1 heterocycles. The van der Waals surface area contributed by atoms with Crippen LogP contribution in [0.15, 0.2) is 42.5 Å². The lowest BCUT2D eigenvalue weighted by Crippen LogP contribution is -2.32. The highest BCUT2D eigenvalue weighted by atomic mass is 32.2. The first-order valence-electron chi connectivity index (χ1n) is 11.1. The Morgan fingerprint density at radius 3 is 2.64 bits per heavy atom. The zero-order valence-electron chi connectivity index (χ0n) is 19.6. The summed E-state index contributed by atoms with van der Waals surface area (Å²) in [5.74, 6) is 1.44. The van der Waals surface area contributed by atoms with Gasteiger partial charge in [-0.2, -0.15) is 8.78 Å². The van der Waals surface area contributed by atoms with E-state index in [0.717, 1.165) is 28.2 Å². The van der Waals surface area contributed by atoms with Gasteiger partial charge in [-0.3, -0.25) is 4.79 Å². The minimum Gasteiger partial charge on any atom is -0.486 e. The van der Waals surface area contributed by atoms with Gasteiger partial charge in [0.05, 0.1) is 19.0 Å². The Kier molecular flexibility index (Phi) is 8.97. The highest BCUT2D eigenvalue weighted by Gasteiger charge is 2.38. The number of nitrogens with zero attached hydrogens (tertiary/aromatic N) is 2. The van der Waals surface area contributed by atoms with Gasteiger partial charge in [-0.25, -0.2) is 0 Å². The van der Waals surface area contributed by atoms with Gasteiger partial charge in [0.15, 0.2) is 0 Å². The number of alkyl halides is 2. The van der Waals surface area contributed by atoms with Crippen molar-refractivity contribution in [3.05, 3.63) is 59.2 Å². The number of hydrogen-bond donors (Lipinski definition) is 0. The number of methoxy groups -OCH3 is 1. The zero-order chi connectivity index (χ0) is 24.0. The van der Waals surface area contributed by atoms with Crippen LogP contribution in [0, 0.1) is 13.8 Å². The van der Waals surface area contributed by atoms with E-state index in [4.69, 9.17) is 9.47 Å². The highest BCUT2D eigenvalue weighted by Crippen LogP contribution is 2.29. The standard InChI is InChI=1S/C25H32F2N2O3S/c1-5-11-33-16-29(25(26)27)19-7-6-8-20(13-19)32-23-15-28(14-22(23)31-4)24(30)21-12-17(2)9-10-18(21)3/h6-10,12-13,22-23,25H,5,11,14-16H2,1-4H3. The van der Waals surface area contributed by atoms with Crippen molar-refractivity contribution in [2.45, 2.75) is 45.9 Å². The molecular formula is C25H32F2N2O3S. The Morgan fingerprint density at radius 1 is 1.18 bits per heavy atom. The van der Waals surface area contributed by atoms with Gasteiger partial charge in [0, 0.05) is 24.4 Å². The normalized spacial score (nSPS) is 18.1. The molecule has 0 radical (unpaired) electrons. The predicted octanol–water partition coefficient (Wildman–Crippen LogP) is 5.35. The van der Waals surface area contributed by atoms with Crippen LogP contribution in [0.25, 0.3) is 0 Å². The second-order valence-electron chi connectivity index (χ2n) is 8.24. The number of likely N-dealkylation sites (tertiary alicyclic amines) is 1. The number of aryl methyl sites for hydroxylation is 2. The number of ether oxygens (including phenoxy) is 2. The topological polar surface area (TPSA) is 42.0 Å². The molecule has 0 aromatic heterocycles. The van der Waals surface area contributed by atoms with Crippen LogP contribution in [0.5, 0.6) is 5.75 Å². The number of carbonyl (C=O) groups excluding carboxylic acids is 1. The molecule has 5 nitrogen and oxygen atoms in total. The van der Waals surface area contributed by atoms with Crippen LogP contribution < -0.4 is 9.64 Å². The molecule has 0 spiro atoms. The maximum atomic E-state index is 13.6. The molecule has 1 amide bonds. The lowest BCUT2D eigenvalue weighted by atomic mass is 10.0. The average molecular weight is 479 g/mol. The van der Waals surface area contributed by atoms with Gasteiger partial charge in [0.25, 0.3) is 5.91 Å². The van der Waals surface area contributed by atoms with Crippen molar-refractivity contribution >= 4 is 23.4 Å². The van der Waals surface area contributed by atoms with Crippen molar-refractivity contribution < 1.29 is 23.0 Å². The van der Waals surface area contributed by atoms with Crippen molar-refractivity contribution in [3.8, 4) is 5.75 Å². The summed E-state index contributed by atoms with van der Waals surface area (Å²) >= 11 is 1.47. The molecule has 2 unspecified atom stereocenters. The molecule has 1 fully saturated rings. The van der Waals surface area contributed by atoms with Gasteiger partial charge >= 0.3 is 6.55 Å². The molecular weight excluding hydrogens is 446 g/mol. The Morgan fingerprint density at radius 2 is 1.94 bits per heavy atom. The number of thioether (sulfide) groups is 1. The summed E-state index contributed by atoms with van der Waals surface area (Å²) in [4.78, 5) is 15.9. The van der Waals surface area contributed by atoms with Gasteiger partial charge in [-0.1, -0.05) is 30.7 Å². The summed E-state index contributed by atoms with van der Waals surface area (Å²) < 4.78 is 39.0. The smallest absolute Gasteiger partial charge is 0.316 e. The van der Waals surface area contributed by atoms with E-state index in [2.05, 4.69) is 0 Å². The van der Waals surface area contributed by atoms with Crippen LogP contribution in [0.3, 0.4) is 0 Å². The molecule has 1 aliphatic heterocycles. The monoisotopic (exact) mass is 478 g/mol. The number of hydrogen-bond acceptors (Lipinski definition) is 5. The van der Waals surface area contributed by atoms with Crippen LogP contribution in [-0.4, -0.2) is 61.4 Å². The van der Waals surface area contributed by atoms with E-state index in [1.165, 1.54) is 11.8 Å². The largest absolute Gasteiger partial charge is 0.486 e. The third-order valence-electron chi connectivity index (χ3n) is 5.68. The first kappa shape index (κ1) is 25.3. The fraction of sp³-hybridized carbons (Fsp3) is 0.480.